The summed E-state index contributed by atoms with van der Waals surface area (Å²) in [4.78, 5) is 13.4. The zero-order valence-corrected chi connectivity index (χ0v) is 7.72. The number of aldehydes is 1. The highest BCUT2D eigenvalue weighted by Gasteiger charge is 2.22. The van der Waals surface area contributed by atoms with Crippen molar-refractivity contribution in [3.63, 3.8) is 0 Å². The average molecular weight is 181 g/mol. The van der Waals surface area contributed by atoms with Crippen molar-refractivity contribution in [2.45, 2.75) is 32.1 Å². The summed E-state index contributed by atoms with van der Waals surface area (Å²) in [6.45, 7) is 0.338. The molecule has 1 rings (SSSR count). The Morgan fingerprint density at radius 1 is 1.46 bits per heavy atom. The SMILES string of the molecule is [N-]=[N+]=NCC(C=O)C1CCCCC1. The van der Waals surface area contributed by atoms with E-state index in [1.165, 1.54) is 19.3 Å². The number of rotatable bonds is 4. The molecule has 72 valence electrons. The summed E-state index contributed by atoms with van der Waals surface area (Å²) < 4.78 is 0. The van der Waals surface area contributed by atoms with Gasteiger partial charge in [-0.3, -0.25) is 0 Å². The molecule has 4 nitrogen and oxygen atoms in total. The van der Waals surface area contributed by atoms with E-state index in [9.17, 15) is 4.79 Å². The third-order valence-corrected chi connectivity index (χ3v) is 2.79. The Morgan fingerprint density at radius 3 is 2.69 bits per heavy atom. The Morgan fingerprint density at radius 2 is 2.15 bits per heavy atom. The van der Waals surface area contributed by atoms with Gasteiger partial charge in [0.15, 0.2) is 0 Å². The van der Waals surface area contributed by atoms with E-state index in [-0.39, 0.29) is 5.92 Å². The molecule has 0 aromatic carbocycles. The van der Waals surface area contributed by atoms with Gasteiger partial charge in [0.1, 0.15) is 6.29 Å². The molecule has 0 saturated heterocycles. The summed E-state index contributed by atoms with van der Waals surface area (Å²) in [7, 11) is 0. The molecule has 0 radical (unpaired) electrons. The van der Waals surface area contributed by atoms with Gasteiger partial charge < -0.3 is 4.79 Å². The molecule has 0 amide bonds. The van der Waals surface area contributed by atoms with Crippen molar-refractivity contribution in [3.05, 3.63) is 10.4 Å². The van der Waals surface area contributed by atoms with E-state index in [4.69, 9.17) is 5.53 Å². The van der Waals surface area contributed by atoms with E-state index < -0.39 is 0 Å². The van der Waals surface area contributed by atoms with Crippen LogP contribution in [0.15, 0.2) is 5.11 Å². The molecule has 1 fully saturated rings. The van der Waals surface area contributed by atoms with Crippen molar-refractivity contribution in [1.29, 1.82) is 0 Å². The number of hydrogen-bond acceptors (Lipinski definition) is 2. The third kappa shape index (κ3) is 3.07. The van der Waals surface area contributed by atoms with Gasteiger partial charge in [0, 0.05) is 17.4 Å². The third-order valence-electron chi connectivity index (χ3n) is 2.79. The van der Waals surface area contributed by atoms with Crippen LogP contribution in [0.2, 0.25) is 0 Å². The van der Waals surface area contributed by atoms with E-state index in [0.29, 0.717) is 12.5 Å². The summed E-state index contributed by atoms with van der Waals surface area (Å²) in [6.07, 6.45) is 6.89. The predicted molar refractivity (Wildman–Crippen MR) is 50.1 cm³/mol. The fraction of sp³-hybridized carbons (Fsp3) is 0.889. The maximum atomic E-state index is 10.7. The van der Waals surface area contributed by atoms with Crippen molar-refractivity contribution in [2.24, 2.45) is 17.0 Å². The molecule has 0 aromatic rings. The van der Waals surface area contributed by atoms with Crippen LogP contribution in [-0.2, 0) is 4.79 Å². The molecule has 1 atom stereocenters. The molecular formula is C9H15N3O. The van der Waals surface area contributed by atoms with Gasteiger partial charge in [0.2, 0.25) is 0 Å². The number of carbonyl (C=O) groups is 1. The average Bonchev–Trinajstić information content (AvgIpc) is 2.21. The normalized spacial score (nSPS) is 20.3. The van der Waals surface area contributed by atoms with Gasteiger partial charge in [-0.25, -0.2) is 0 Å². The molecule has 0 N–H and O–H groups in total. The van der Waals surface area contributed by atoms with E-state index in [2.05, 4.69) is 10.0 Å². The monoisotopic (exact) mass is 181 g/mol. The minimum atomic E-state index is -0.0452. The molecule has 1 unspecified atom stereocenters. The van der Waals surface area contributed by atoms with Crippen LogP contribution in [-0.4, -0.2) is 12.8 Å². The van der Waals surface area contributed by atoms with Crippen LogP contribution in [0.5, 0.6) is 0 Å². The lowest BCUT2D eigenvalue weighted by molar-refractivity contribution is -0.112. The highest BCUT2D eigenvalue weighted by molar-refractivity contribution is 5.54. The highest BCUT2D eigenvalue weighted by Crippen LogP contribution is 2.29. The molecule has 0 bridgehead atoms. The Hall–Kier alpha value is -1.02. The zero-order valence-electron chi connectivity index (χ0n) is 7.72. The van der Waals surface area contributed by atoms with Crippen LogP contribution in [0.3, 0.4) is 0 Å². The fourth-order valence-electron chi connectivity index (χ4n) is 2.00. The van der Waals surface area contributed by atoms with E-state index in [0.717, 1.165) is 19.1 Å². The first kappa shape index (κ1) is 10.1. The molecule has 0 spiro atoms. The first-order valence-electron chi connectivity index (χ1n) is 4.84. The lowest BCUT2D eigenvalue weighted by atomic mass is 9.81. The van der Waals surface area contributed by atoms with Crippen molar-refractivity contribution in [1.82, 2.24) is 0 Å². The van der Waals surface area contributed by atoms with Gasteiger partial charge >= 0.3 is 0 Å². The molecule has 1 saturated carbocycles. The van der Waals surface area contributed by atoms with Gasteiger partial charge in [-0.15, -0.1) is 0 Å². The van der Waals surface area contributed by atoms with Gasteiger partial charge in [0.05, 0.1) is 0 Å². The lowest BCUT2D eigenvalue weighted by Gasteiger charge is -2.25. The second kappa shape index (κ2) is 5.60. The van der Waals surface area contributed by atoms with E-state index >= 15 is 0 Å². The molecule has 0 aliphatic heterocycles. The quantitative estimate of drug-likeness (QED) is 0.284. The topological polar surface area (TPSA) is 65.8 Å². The minimum Gasteiger partial charge on any atom is -0.303 e. The maximum absolute atomic E-state index is 10.7. The first-order valence-corrected chi connectivity index (χ1v) is 4.84. The summed E-state index contributed by atoms with van der Waals surface area (Å²) >= 11 is 0. The standard InChI is InChI=1S/C9H15N3O/c10-12-11-6-9(7-13)8-4-2-1-3-5-8/h7-9H,1-6H2. The molecule has 4 heteroatoms. The Labute approximate surface area is 77.9 Å². The predicted octanol–water partition coefficient (Wildman–Crippen LogP) is 2.69. The van der Waals surface area contributed by atoms with Gasteiger partial charge in [-0.05, 0) is 24.3 Å². The fourth-order valence-corrected chi connectivity index (χ4v) is 2.00. The summed E-state index contributed by atoms with van der Waals surface area (Å²) in [5.74, 6) is 0.410. The van der Waals surface area contributed by atoms with Crippen molar-refractivity contribution in [2.75, 3.05) is 6.54 Å². The second-order valence-electron chi connectivity index (χ2n) is 3.61. The molecular weight excluding hydrogens is 166 g/mol. The Balaban J connectivity index is 2.43. The van der Waals surface area contributed by atoms with Crippen molar-refractivity contribution < 1.29 is 4.79 Å². The lowest BCUT2D eigenvalue weighted by Crippen LogP contribution is -2.21. The summed E-state index contributed by atoms with van der Waals surface area (Å²) in [5.41, 5.74) is 8.15. The van der Waals surface area contributed by atoms with Crippen molar-refractivity contribution in [3.8, 4) is 0 Å². The van der Waals surface area contributed by atoms with Gasteiger partial charge in [-0.2, -0.15) is 0 Å². The smallest absolute Gasteiger partial charge is 0.123 e. The summed E-state index contributed by atoms with van der Waals surface area (Å²) in [6, 6.07) is 0. The maximum Gasteiger partial charge on any atom is 0.123 e. The molecule has 0 aromatic heterocycles. The molecule has 1 aliphatic carbocycles. The largest absolute Gasteiger partial charge is 0.303 e. The van der Waals surface area contributed by atoms with Crippen LogP contribution in [0, 0.1) is 11.8 Å². The number of nitrogens with zero attached hydrogens (tertiary/aromatic N) is 3. The highest BCUT2D eigenvalue weighted by atomic mass is 16.1. The molecule has 1 aliphatic rings. The van der Waals surface area contributed by atoms with Crippen LogP contribution >= 0.6 is 0 Å². The van der Waals surface area contributed by atoms with Gasteiger partial charge in [0.25, 0.3) is 0 Å². The van der Waals surface area contributed by atoms with Gasteiger partial charge in [-0.1, -0.05) is 24.4 Å². The van der Waals surface area contributed by atoms with Crippen LogP contribution in [0.25, 0.3) is 10.4 Å². The molecule has 13 heavy (non-hydrogen) atoms. The van der Waals surface area contributed by atoms with Crippen LogP contribution in [0.4, 0.5) is 0 Å². The minimum absolute atomic E-state index is 0.0452. The van der Waals surface area contributed by atoms with Crippen LogP contribution in [0.1, 0.15) is 32.1 Å². The first-order chi connectivity index (χ1) is 6.38. The second-order valence-corrected chi connectivity index (χ2v) is 3.61. The number of hydrogen-bond donors (Lipinski definition) is 0. The van der Waals surface area contributed by atoms with E-state index in [1.54, 1.807) is 0 Å². The van der Waals surface area contributed by atoms with Crippen LogP contribution < -0.4 is 0 Å². The van der Waals surface area contributed by atoms with E-state index in [1.807, 2.05) is 0 Å². The Bertz CT molecular complexity index is 205. The molecule has 0 heterocycles. The Kier molecular flexibility index (Phi) is 4.33. The zero-order chi connectivity index (χ0) is 9.52. The summed E-state index contributed by atoms with van der Waals surface area (Å²) in [5, 5.41) is 3.47. The van der Waals surface area contributed by atoms with Crippen molar-refractivity contribution >= 4 is 6.29 Å². The number of azide groups is 1. The number of carbonyl (C=O) groups excluding carboxylic acids is 1.